The molecular formula is C13H16ClN3O. The standard InChI is InChI=1S/C13H16ClN3O/c14-11-3-2-10(12(18)9-11)8-13-16-5-7-17(13)6-1-4-15/h2-3,5,7,9,18H,1,4,6,8,15H2. The van der Waals surface area contributed by atoms with Crippen molar-refractivity contribution >= 4 is 11.6 Å². The van der Waals surface area contributed by atoms with E-state index in [2.05, 4.69) is 9.55 Å². The van der Waals surface area contributed by atoms with Gasteiger partial charge in [-0.15, -0.1) is 0 Å². The minimum absolute atomic E-state index is 0.205. The number of nitrogens with two attached hydrogens (primary N) is 1. The summed E-state index contributed by atoms with van der Waals surface area (Å²) in [6, 6.07) is 5.13. The minimum Gasteiger partial charge on any atom is -0.508 e. The van der Waals surface area contributed by atoms with Crippen LogP contribution in [0.3, 0.4) is 0 Å². The van der Waals surface area contributed by atoms with Gasteiger partial charge in [-0.3, -0.25) is 0 Å². The minimum atomic E-state index is 0.205. The summed E-state index contributed by atoms with van der Waals surface area (Å²) < 4.78 is 2.06. The largest absolute Gasteiger partial charge is 0.508 e. The Morgan fingerprint density at radius 3 is 2.94 bits per heavy atom. The first kappa shape index (κ1) is 12.9. The number of aryl methyl sites for hydroxylation is 1. The van der Waals surface area contributed by atoms with Crippen molar-refractivity contribution in [1.82, 2.24) is 9.55 Å². The Kier molecular flexibility index (Phi) is 4.23. The van der Waals surface area contributed by atoms with Crippen LogP contribution in [-0.4, -0.2) is 21.2 Å². The van der Waals surface area contributed by atoms with Gasteiger partial charge in [-0.2, -0.15) is 0 Å². The lowest BCUT2D eigenvalue weighted by molar-refractivity contribution is 0.468. The molecule has 2 aromatic rings. The highest BCUT2D eigenvalue weighted by molar-refractivity contribution is 6.30. The molecule has 0 amide bonds. The Hall–Kier alpha value is -1.52. The second kappa shape index (κ2) is 5.89. The van der Waals surface area contributed by atoms with Crippen molar-refractivity contribution in [3.8, 4) is 5.75 Å². The zero-order valence-corrected chi connectivity index (χ0v) is 10.8. The van der Waals surface area contributed by atoms with Gasteiger partial charge in [0.2, 0.25) is 0 Å². The van der Waals surface area contributed by atoms with Crippen LogP contribution in [0.1, 0.15) is 17.8 Å². The maximum atomic E-state index is 9.82. The van der Waals surface area contributed by atoms with Crippen LogP contribution < -0.4 is 5.73 Å². The van der Waals surface area contributed by atoms with Gasteiger partial charge in [0.1, 0.15) is 11.6 Å². The molecule has 18 heavy (non-hydrogen) atoms. The van der Waals surface area contributed by atoms with Crippen molar-refractivity contribution in [3.63, 3.8) is 0 Å². The third-order valence-electron chi connectivity index (χ3n) is 2.80. The van der Waals surface area contributed by atoms with Crippen molar-refractivity contribution < 1.29 is 5.11 Å². The topological polar surface area (TPSA) is 64.1 Å². The molecule has 2 rings (SSSR count). The number of phenols is 1. The molecule has 0 fully saturated rings. The van der Waals surface area contributed by atoms with Crippen LogP contribution in [0.2, 0.25) is 5.02 Å². The maximum Gasteiger partial charge on any atom is 0.120 e. The molecule has 0 atom stereocenters. The monoisotopic (exact) mass is 265 g/mol. The lowest BCUT2D eigenvalue weighted by Crippen LogP contribution is -2.08. The zero-order chi connectivity index (χ0) is 13.0. The fourth-order valence-electron chi connectivity index (χ4n) is 1.83. The van der Waals surface area contributed by atoms with Gasteiger partial charge in [0.05, 0.1) is 0 Å². The van der Waals surface area contributed by atoms with E-state index in [1.807, 2.05) is 12.3 Å². The molecule has 0 saturated heterocycles. The van der Waals surface area contributed by atoms with E-state index in [4.69, 9.17) is 17.3 Å². The number of imidazole rings is 1. The summed E-state index contributed by atoms with van der Waals surface area (Å²) in [4.78, 5) is 4.31. The number of hydrogen-bond donors (Lipinski definition) is 2. The molecule has 0 aliphatic rings. The van der Waals surface area contributed by atoms with E-state index in [0.717, 1.165) is 24.4 Å². The lowest BCUT2D eigenvalue weighted by Gasteiger charge is -2.08. The first-order valence-electron chi connectivity index (χ1n) is 5.88. The lowest BCUT2D eigenvalue weighted by atomic mass is 10.1. The van der Waals surface area contributed by atoms with Gasteiger partial charge in [-0.25, -0.2) is 4.98 Å². The molecule has 3 N–H and O–H groups in total. The van der Waals surface area contributed by atoms with E-state index in [1.165, 1.54) is 0 Å². The number of phenolic OH excluding ortho intramolecular Hbond substituents is 1. The summed E-state index contributed by atoms with van der Waals surface area (Å²) >= 11 is 5.80. The number of hydrogen-bond acceptors (Lipinski definition) is 3. The summed E-state index contributed by atoms with van der Waals surface area (Å²) in [5.74, 6) is 1.12. The SMILES string of the molecule is NCCCn1ccnc1Cc1ccc(Cl)cc1O. The summed E-state index contributed by atoms with van der Waals surface area (Å²) in [5.41, 5.74) is 6.32. The smallest absolute Gasteiger partial charge is 0.120 e. The average Bonchev–Trinajstić information content (AvgIpc) is 2.77. The van der Waals surface area contributed by atoms with E-state index < -0.39 is 0 Å². The van der Waals surface area contributed by atoms with E-state index in [1.54, 1.807) is 18.3 Å². The van der Waals surface area contributed by atoms with E-state index in [-0.39, 0.29) is 5.75 Å². The van der Waals surface area contributed by atoms with Gasteiger partial charge in [0.15, 0.2) is 0 Å². The van der Waals surface area contributed by atoms with Gasteiger partial charge < -0.3 is 15.4 Å². The van der Waals surface area contributed by atoms with Gasteiger partial charge in [0.25, 0.3) is 0 Å². The number of benzene rings is 1. The Balaban J connectivity index is 2.15. The molecule has 0 bridgehead atoms. The Morgan fingerprint density at radius 1 is 1.39 bits per heavy atom. The molecule has 0 aliphatic carbocycles. The summed E-state index contributed by atoms with van der Waals surface area (Å²) in [7, 11) is 0. The van der Waals surface area contributed by atoms with Crippen LogP contribution in [0, 0.1) is 0 Å². The number of rotatable bonds is 5. The molecule has 96 valence electrons. The second-order valence-corrected chi connectivity index (χ2v) is 4.57. The fraction of sp³-hybridized carbons (Fsp3) is 0.308. The Labute approximate surface area is 111 Å². The molecule has 1 aromatic carbocycles. The summed E-state index contributed by atoms with van der Waals surface area (Å²) in [6.07, 6.45) is 5.19. The predicted octanol–water partition coefficient (Wildman–Crippen LogP) is 2.18. The number of aromatic hydroxyl groups is 1. The second-order valence-electron chi connectivity index (χ2n) is 4.13. The molecule has 0 spiro atoms. The molecule has 0 saturated carbocycles. The van der Waals surface area contributed by atoms with Crippen LogP contribution >= 0.6 is 11.6 Å². The van der Waals surface area contributed by atoms with E-state index in [0.29, 0.717) is 18.0 Å². The van der Waals surface area contributed by atoms with Crippen molar-refractivity contribution in [1.29, 1.82) is 0 Å². The molecular weight excluding hydrogens is 250 g/mol. The summed E-state index contributed by atoms with van der Waals surface area (Å²) in [5, 5.41) is 10.3. The van der Waals surface area contributed by atoms with Gasteiger partial charge >= 0.3 is 0 Å². The molecule has 5 heteroatoms. The third kappa shape index (κ3) is 3.03. The highest BCUT2D eigenvalue weighted by atomic mass is 35.5. The highest BCUT2D eigenvalue weighted by Crippen LogP contribution is 2.23. The first-order chi connectivity index (χ1) is 8.70. The number of aromatic nitrogens is 2. The van der Waals surface area contributed by atoms with Crippen molar-refractivity contribution in [3.05, 3.63) is 47.0 Å². The molecule has 1 heterocycles. The van der Waals surface area contributed by atoms with Crippen molar-refractivity contribution in [2.24, 2.45) is 5.73 Å². The van der Waals surface area contributed by atoms with Gasteiger partial charge in [-0.1, -0.05) is 17.7 Å². The highest BCUT2D eigenvalue weighted by Gasteiger charge is 2.08. The van der Waals surface area contributed by atoms with Crippen LogP contribution in [0.25, 0.3) is 0 Å². The van der Waals surface area contributed by atoms with Crippen molar-refractivity contribution in [2.45, 2.75) is 19.4 Å². The number of nitrogens with zero attached hydrogens (tertiary/aromatic N) is 2. The Morgan fingerprint density at radius 2 is 2.22 bits per heavy atom. The fourth-order valence-corrected chi connectivity index (χ4v) is 2.00. The molecule has 0 unspecified atom stereocenters. The molecule has 1 aromatic heterocycles. The van der Waals surface area contributed by atoms with Gasteiger partial charge in [0, 0.05) is 35.9 Å². The molecule has 0 radical (unpaired) electrons. The third-order valence-corrected chi connectivity index (χ3v) is 3.04. The van der Waals surface area contributed by atoms with Gasteiger partial charge in [-0.05, 0) is 25.1 Å². The Bertz CT molecular complexity index is 525. The summed E-state index contributed by atoms with van der Waals surface area (Å²) in [6.45, 7) is 1.50. The van der Waals surface area contributed by atoms with Crippen LogP contribution in [0.5, 0.6) is 5.75 Å². The van der Waals surface area contributed by atoms with E-state index >= 15 is 0 Å². The molecule has 0 aliphatic heterocycles. The maximum absolute atomic E-state index is 9.82. The average molecular weight is 266 g/mol. The zero-order valence-electron chi connectivity index (χ0n) is 10.0. The first-order valence-corrected chi connectivity index (χ1v) is 6.26. The van der Waals surface area contributed by atoms with Crippen molar-refractivity contribution in [2.75, 3.05) is 6.54 Å². The van der Waals surface area contributed by atoms with Crippen LogP contribution in [-0.2, 0) is 13.0 Å². The number of halogens is 1. The van der Waals surface area contributed by atoms with E-state index in [9.17, 15) is 5.11 Å². The molecule has 4 nitrogen and oxygen atoms in total. The normalized spacial score (nSPS) is 10.8. The quantitative estimate of drug-likeness (QED) is 0.871. The predicted molar refractivity (Wildman–Crippen MR) is 71.8 cm³/mol. The van der Waals surface area contributed by atoms with Crippen LogP contribution in [0.15, 0.2) is 30.6 Å². The van der Waals surface area contributed by atoms with Crippen LogP contribution in [0.4, 0.5) is 0 Å².